The molecule has 2 aromatic rings. The van der Waals surface area contributed by atoms with E-state index in [1.807, 2.05) is 13.8 Å². The smallest absolute Gasteiger partial charge is 0.292 e. The summed E-state index contributed by atoms with van der Waals surface area (Å²) in [5.41, 5.74) is 1.78. The van der Waals surface area contributed by atoms with Crippen LogP contribution in [-0.4, -0.2) is 16.1 Å². The predicted molar refractivity (Wildman–Crippen MR) is 59.4 cm³/mol. The molecule has 0 aliphatic rings. The van der Waals surface area contributed by atoms with E-state index < -0.39 is 0 Å². The zero-order valence-corrected chi connectivity index (χ0v) is 9.20. The third-order valence-corrected chi connectivity index (χ3v) is 2.41. The SMILES string of the molecule is CCc1cn[nH]c1NC(=O)c1occc1C. The minimum atomic E-state index is -0.263. The lowest BCUT2D eigenvalue weighted by molar-refractivity contribution is 0.0995. The van der Waals surface area contributed by atoms with Crippen LogP contribution in [0.5, 0.6) is 0 Å². The molecule has 0 aliphatic heterocycles. The topological polar surface area (TPSA) is 70.9 Å². The summed E-state index contributed by atoms with van der Waals surface area (Å²) >= 11 is 0. The molecular formula is C11H13N3O2. The van der Waals surface area contributed by atoms with Crippen molar-refractivity contribution in [2.24, 2.45) is 0 Å². The van der Waals surface area contributed by atoms with Gasteiger partial charge in [-0.3, -0.25) is 9.89 Å². The molecule has 5 nitrogen and oxygen atoms in total. The average Bonchev–Trinajstić information content (AvgIpc) is 2.86. The second-order valence-corrected chi connectivity index (χ2v) is 3.51. The van der Waals surface area contributed by atoms with Crippen LogP contribution in [0.3, 0.4) is 0 Å². The van der Waals surface area contributed by atoms with Crippen molar-refractivity contribution in [1.82, 2.24) is 10.2 Å². The Morgan fingerprint density at radius 1 is 1.62 bits per heavy atom. The maximum absolute atomic E-state index is 11.8. The van der Waals surface area contributed by atoms with Gasteiger partial charge < -0.3 is 9.73 Å². The molecule has 0 fully saturated rings. The highest BCUT2D eigenvalue weighted by atomic mass is 16.3. The zero-order valence-electron chi connectivity index (χ0n) is 9.20. The van der Waals surface area contributed by atoms with E-state index in [2.05, 4.69) is 15.5 Å². The van der Waals surface area contributed by atoms with Gasteiger partial charge in [0, 0.05) is 11.1 Å². The number of carbonyl (C=O) groups is 1. The first-order valence-corrected chi connectivity index (χ1v) is 5.10. The van der Waals surface area contributed by atoms with Gasteiger partial charge in [-0.05, 0) is 19.4 Å². The number of aromatic nitrogens is 2. The Labute approximate surface area is 92.9 Å². The minimum absolute atomic E-state index is 0.263. The van der Waals surface area contributed by atoms with Crippen LogP contribution in [-0.2, 0) is 6.42 Å². The molecule has 0 saturated carbocycles. The number of carbonyl (C=O) groups excluding carboxylic acids is 1. The maximum atomic E-state index is 11.8. The largest absolute Gasteiger partial charge is 0.459 e. The number of aryl methyl sites for hydroxylation is 2. The van der Waals surface area contributed by atoms with Gasteiger partial charge in [0.05, 0.1) is 12.5 Å². The van der Waals surface area contributed by atoms with Crippen LogP contribution in [0.2, 0.25) is 0 Å². The number of rotatable bonds is 3. The highest BCUT2D eigenvalue weighted by molar-refractivity contribution is 6.02. The Balaban J connectivity index is 2.17. The van der Waals surface area contributed by atoms with E-state index in [0.29, 0.717) is 11.6 Å². The van der Waals surface area contributed by atoms with E-state index in [1.165, 1.54) is 6.26 Å². The molecule has 0 spiro atoms. The molecular weight excluding hydrogens is 206 g/mol. The summed E-state index contributed by atoms with van der Waals surface area (Å²) in [5.74, 6) is 0.696. The lowest BCUT2D eigenvalue weighted by Gasteiger charge is -2.02. The van der Waals surface area contributed by atoms with Gasteiger partial charge in [-0.25, -0.2) is 0 Å². The number of nitrogens with zero attached hydrogens (tertiary/aromatic N) is 1. The molecule has 0 atom stereocenters. The Morgan fingerprint density at radius 2 is 2.44 bits per heavy atom. The fourth-order valence-electron chi connectivity index (χ4n) is 1.46. The van der Waals surface area contributed by atoms with Crippen LogP contribution >= 0.6 is 0 Å². The maximum Gasteiger partial charge on any atom is 0.292 e. The summed E-state index contributed by atoms with van der Waals surface area (Å²) in [6.07, 6.45) is 4.01. The van der Waals surface area contributed by atoms with Crippen molar-refractivity contribution in [2.75, 3.05) is 5.32 Å². The van der Waals surface area contributed by atoms with Crippen molar-refractivity contribution in [3.8, 4) is 0 Å². The number of aromatic amines is 1. The average molecular weight is 219 g/mol. The number of amides is 1. The summed E-state index contributed by atoms with van der Waals surface area (Å²) in [4.78, 5) is 11.8. The van der Waals surface area contributed by atoms with Gasteiger partial charge in [-0.2, -0.15) is 5.10 Å². The number of hydrogen-bond acceptors (Lipinski definition) is 3. The summed E-state index contributed by atoms with van der Waals surface area (Å²) in [6, 6.07) is 1.75. The first-order valence-electron chi connectivity index (χ1n) is 5.10. The van der Waals surface area contributed by atoms with Gasteiger partial charge in [0.25, 0.3) is 5.91 Å². The second kappa shape index (κ2) is 4.22. The van der Waals surface area contributed by atoms with Gasteiger partial charge in [0.2, 0.25) is 0 Å². The van der Waals surface area contributed by atoms with Crippen LogP contribution in [0.15, 0.2) is 22.9 Å². The molecule has 2 rings (SSSR count). The molecule has 0 unspecified atom stereocenters. The number of nitrogens with one attached hydrogen (secondary N) is 2. The minimum Gasteiger partial charge on any atom is -0.459 e. The Bertz CT molecular complexity index is 499. The lowest BCUT2D eigenvalue weighted by Crippen LogP contribution is -2.13. The number of H-pyrrole nitrogens is 1. The van der Waals surface area contributed by atoms with E-state index in [0.717, 1.165) is 17.5 Å². The van der Waals surface area contributed by atoms with Gasteiger partial charge >= 0.3 is 0 Å². The quantitative estimate of drug-likeness (QED) is 0.830. The van der Waals surface area contributed by atoms with Crippen LogP contribution in [0.1, 0.15) is 28.6 Å². The molecule has 0 radical (unpaired) electrons. The monoisotopic (exact) mass is 219 g/mol. The number of hydrogen-bond donors (Lipinski definition) is 2. The van der Waals surface area contributed by atoms with Crippen LogP contribution in [0, 0.1) is 6.92 Å². The molecule has 5 heteroatoms. The summed E-state index contributed by atoms with van der Waals surface area (Å²) in [6.45, 7) is 3.82. The van der Waals surface area contributed by atoms with Crippen LogP contribution in [0.4, 0.5) is 5.82 Å². The van der Waals surface area contributed by atoms with E-state index in [9.17, 15) is 4.79 Å². The molecule has 2 N–H and O–H groups in total. The Kier molecular flexibility index (Phi) is 2.76. The molecule has 2 aromatic heterocycles. The standard InChI is InChI=1S/C11H13N3O2/c1-3-8-6-12-14-10(8)13-11(15)9-7(2)4-5-16-9/h4-6H,3H2,1-2H3,(H2,12,13,14,15). The first-order chi connectivity index (χ1) is 7.72. The van der Waals surface area contributed by atoms with Gasteiger partial charge in [-0.1, -0.05) is 6.92 Å². The van der Waals surface area contributed by atoms with Crippen LogP contribution < -0.4 is 5.32 Å². The van der Waals surface area contributed by atoms with Crippen LogP contribution in [0.25, 0.3) is 0 Å². The van der Waals surface area contributed by atoms with Crippen molar-refractivity contribution >= 4 is 11.7 Å². The van der Waals surface area contributed by atoms with Crippen molar-refractivity contribution in [3.05, 3.63) is 35.4 Å². The highest BCUT2D eigenvalue weighted by Gasteiger charge is 2.14. The third-order valence-electron chi connectivity index (χ3n) is 2.41. The normalized spacial score (nSPS) is 10.4. The van der Waals surface area contributed by atoms with Gasteiger partial charge in [0.1, 0.15) is 5.82 Å². The zero-order chi connectivity index (χ0) is 11.5. The Morgan fingerprint density at radius 3 is 3.06 bits per heavy atom. The molecule has 0 bridgehead atoms. The molecule has 2 heterocycles. The van der Waals surface area contributed by atoms with Gasteiger partial charge in [-0.15, -0.1) is 0 Å². The molecule has 0 saturated heterocycles. The predicted octanol–water partition coefficient (Wildman–Crippen LogP) is 2.13. The fraction of sp³-hybridized carbons (Fsp3) is 0.273. The summed E-state index contributed by atoms with van der Waals surface area (Å²) in [7, 11) is 0. The highest BCUT2D eigenvalue weighted by Crippen LogP contribution is 2.15. The first kappa shape index (κ1) is 10.5. The van der Waals surface area contributed by atoms with E-state index in [4.69, 9.17) is 4.42 Å². The number of anilines is 1. The number of furan rings is 1. The van der Waals surface area contributed by atoms with Crippen molar-refractivity contribution in [1.29, 1.82) is 0 Å². The van der Waals surface area contributed by atoms with E-state index in [1.54, 1.807) is 12.3 Å². The summed E-state index contributed by atoms with van der Waals surface area (Å²) < 4.78 is 5.10. The lowest BCUT2D eigenvalue weighted by atomic mass is 10.2. The van der Waals surface area contributed by atoms with Gasteiger partial charge in [0.15, 0.2) is 5.76 Å². The second-order valence-electron chi connectivity index (χ2n) is 3.51. The Hall–Kier alpha value is -2.04. The summed E-state index contributed by atoms with van der Waals surface area (Å²) in [5, 5.41) is 9.36. The molecule has 1 amide bonds. The van der Waals surface area contributed by atoms with E-state index in [-0.39, 0.29) is 5.91 Å². The molecule has 84 valence electrons. The van der Waals surface area contributed by atoms with Crippen molar-refractivity contribution in [2.45, 2.75) is 20.3 Å². The fourth-order valence-corrected chi connectivity index (χ4v) is 1.46. The molecule has 0 aromatic carbocycles. The molecule has 16 heavy (non-hydrogen) atoms. The third kappa shape index (κ3) is 1.84. The van der Waals surface area contributed by atoms with Crippen molar-refractivity contribution < 1.29 is 9.21 Å². The van der Waals surface area contributed by atoms with E-state index >= 15 is 0 Å². The van der Waals surface area contributed by atoms with Crippen molar-refractivity contribution in [3.63, 3.8) is 0 Å². The molecule has 0 aliphatic carbocycles.